The molecular weight excluding hydrogens is 374 g/mol. The van der Waals surface area contributed by atoms with E-state index in [0.29, 0.717) is 17.5 Å². The van der Waals surface area contributed by atoms with Gasteiger partial charge in [-0.25, -0.2) is 4.99 Å². The van der Waals surface area contributed by atoms with Crippen molar-refractivity contribution in [3.05, 3.63) is 57.5 Å². The number of pyridine rings is 1. The van der Waals surface area contributed by atoms with Gasteiger partial charge in [0.15, 0.2) is 0 Å². The Hall–Kier alpha value is -2.60. The van der Waals surface area contributed by atoms with Crippen LogP contribution in [0.5, 0.6) is 0 Å². The molecule has 1 fully saturated rings. The summed E-state index contributed by atoms with van der Waals surface area (Å²) in [5.41, 5.74) is 10.8. The molecule has 4 rings (SSSR count). The fourth-order valence-corrected chi connectivity index (χ4v) is 4.68. The highest BCUT2D eigenvalue weighted by atomic mass is 16.1. The van der Waals surface area contributed by atoms with Gasteiger partial charge < -0.3 is 16.0 Å². The first-order chi connectivity index (χ1) is 14.5. The van der Waals surface area contributed by atoms with Gasteiger partial charge >= 0.3 is 0 Å². The number of nitrogens with one attached hydrogen (secondary N) is 2. The van der Waals surface area contributed by atoms with Crippen LogP contribution in [-0.2, 0) is 13.1 Å². The first kappa shape index (κ1) is 20.7. The zero-order valence-corrected chi connectivity index (χ0v) is 18.1. The van der Waals surface area contributed by atoms with E-state index >= 15 is 0 Å². The predicted molar refractivity (Wildman–Crippen MR) is 123 cm³/mol. The van der Waals surface area contributed by atoms with E-state index in [2.05, 4.69) is 46.2 Å². The molecule has 2 heterocycles. The maximum Gasteiger partial charge on any atom is 0.261 e. The van der Waals surface area contributed by atoms with Crippen LogP contribution < -0.4 is 16.6 Å². The normalized spacial score (nSPS) is 18.0. The van der Waals surface area contributed by atoms with Crippen molar-refractivity contribution >= 4 is 17.2 Å². The lowest BCUT2D eigenvalue weighted by Crippen LogP contribution is -2.29. The summed E-state index contributed by atoms with van der Waals surface area (Å²) >= 11 is 0. The molecule has 2 aromatic rings. The third-order valence-corrected chi connectivity index (χ3v) is 6.03. The summed E-state index contributed by atoms with van der Waals surface area (Å²) in [5.74, 6) is 0.902. The van der Waals surface area contributed by atoms with Crippen LogP contribution in [0.15, 0.2) is 40.2 Å². The molecule has 1 aliphatic heterocycles. The SMILES string of the molecule is CC(C)CN1Cc2ccc(N=C(N)c3c(NC4CCCCC4)cc[nH]c3=O)cc2C1. The minimum atomic E-state index is -0.207. The van der Waals surface area contributed by atoms with E-state index in [1.165, 1.54) is 30.4 Å². The lowest BCUT2D eigenvalue weighted by atomic mass is 9.95. The van der Waals surface area contributed by atoms with Crippen molar-refractivity contribution in [2.75, 3.05) is 11.9 Å². The monoisotopic (exact) mass is 407 g/mol. The second kappa shape index (κ2) is 9.04. The van der Waals surface area contributed by atoms with Crippen LogP contribution in [0.3, 0.4) is 0 Å². The number of amidine groups is 1. The van der Waals surface area contributed by atoms with Crippen molar-refractivity contribution in [1.29, 1.82) is 0 Å². The zero-order chi connectivity index (χ0) is 21.1. The molecular formula is C24H33N5O. The Kier molecular flexibility index (Phi) is 6.23. The first-order valence-corrected chi connectivity index (χ1v) is 11.2. The van der Waals surface area contributed by atoms with Gasteiger partial charge in [-0.05, 0) is 48.1 Å². The van der Waals surface area contributed by atoms with E-state index < -0.39 is 0 Å². The van der Waals surface area contributed by atoms with Crippen LogP contribution in [0.2, 0.25) is 0 Å². The number of aromatic amines is 1. The van der Waals surface area contributed by atoms with Gasteiger partial charge in [0.1, 0.15) is 11.4 Å². The number of hydrogen-bond donors (Lipinski definition) is 3. The summed E-state index contributed by atoms with van der Waals surface area (Å²) in [5, 5.41) is 3.54. The minimum Gasteiger partial charge on any atom is -0.383 e. The van der Waals surface area contributed by atoms with Crippen LogP contribution in [0.4, 0.5) is 11.4 Å². The molecule has 160 valence electrons. The number of aromatic nitrogens is 1. The van der Waals surface area contributed by atoms with Gasteiger partial charge in [-0.3, -0.25) is 9.69 Å². The Morgan fingerprint density at radius 3 is 2.73 bits per heavy atom. The summed E-state index contributed by atoms with van der Waals surface area (Å²) in [6, 6.07) is 8.52. The molecule has 30 heavy (non-hydrogen) atoms. The van der Waals surface area contributed by atoms with Gasteiger partial charge in [0, 0.05) is 31.9 Å². The van der Waals surface area contributed by atoms with E-state index in [-0.39, 0.29) is 11.4 Å². The van der Waals surface area contributed by atoms with Crippen molar-refractivity contribution in [2.24, 2.45) is 16.6 Å². The molecule has 1 saturated carbocycles. The Balaban J connectivity index is 1.57. The molecule has 1 aromatic heterocycles. The number of rotatable bonds is 6. The number of anilines is 1. The summed E-state index contributed by atoms with van der Waals surface area (Å²) in [6.07, 6.45) is 7.66. The molecule has 1 aromatic carbocycles. The van der Waals surface area contributed by atoms with Crippen molar-refractivity contribution in [3.8, 4) is 0 Å². The lowest BCUT2D eigenvalue weighted by Gasteiger charge is -2.24. The second-order valence-electron chi connectivity index (χ2n) is 9.09. The third-order valence-electron chi connectivity index (χ3n) is 6.03. The highest BCUT2D eigenvalue weighted by Gasteiger charge is 2.21. The van der Waals surface area contributed by atoms with Crippen molar-refractivity contribution < 1.29 is 0 Å². The number of fused-ring (bicyclic) bond motifs is 1. The van der Waals surface area contributed by atoms with E-state index in [4.69, 9.17) is 5.73 Å². The van der Waals surface area contributed by atoms with Crippen LogP contribution in [0, 0.1) is 5.92 Å². The molecule has 6 heteroatoms. The van der Waals surface area contributed by atoms with E-state index in [0.717, 1.165) is 43.9 Å². The number of H-pyrrole nitrogens is 1. The van der Waals surface area contributed by atoms with Crippen molar-refractivity contribution in [3.63, 3.8) is 0 Å². The van der Waals surface area contributed by atoms with Crippen LogP contribution >= 0.6 is 0 Å². The third kappa shape index (κ3) is 4.75. The highest BCUT2D eigenvalue weighted by Crippen LogP contribution is 2.28. The number of benzene rings is 1. The van der Waals surface area contributed by atoms with Crippen LogP contribution in [-0.4, -0.2) is 28.3 Å². The quantitative estimate of drug-likeness (QED) is 0.496. The van der Waals surface area contributed by atoms with Crippen LogP contribution in [0.25, 0.3) is 0 Å². The lowest BCUT2D eigenvalue weighted by molar-refractivity contribution is 0.251. The Morgan fingerprint density at radius 2 is 1.97 bits per heavy atom. The summed E-state index contributed by atoms with van der Waals surface area (Å²) in [6.45, 7) is 7.51. The van der Waals surface area contributed by atoms with Gasteiger partial charge in [0.05, 0.1) is 11.4 Å². The molecule has 0 radical (unpaired) electrons. The largest absolute Gasteiger partial charge is 0.383 e. The molecule has 0 saturated heterocycles. The molecule has 1 aliphatic carbocycles. The van der Waals surface area contributed by atoms with Crippen molar-refractivity contribution in [1.82, 2.24) is 9.88 Å². The van der Waals surface area contributed by atoms with Crippen molar-refractivity contribution in [2.45, 2.75) is 65.1 Å². The van der Waals surface area contributed by atoms with Gasteiger partial charge in [0.2, 0.25) is 0 Å². The molecule has 0 atom stereocenters. The van der Waals surface area contributed by atoms with Gasteiger partial charge in [-0.15, -0.1) is 0 Å². The smallest absolute Gasteiger partial charge is 0.261 e. The van der Waals surface area contributed by atoms with Gasteiger partial charge in [-0.2, -0.15) is 0 Å². The van der Waals surface area contributed by atoms with Gasteiger partial charge in [0.25, 0.3) is 5.56 Å². The number of nitrogens with zero attached hydrogens (tertiary/aromatic N) is 2. The first-order valence-electron chi connectivity index (χ1n) is 11.2. The Morgan fingerprint density at radius 1 is 1.20 bits per heavy atom. The maximum atomic E-state index is 12.6. The van der Waals surface area contributed by atoms with Crippen LogP contribution in [0.1, 0.15) is 62.6 Å². The fourth-order valence-electron chi connectivity index (χ4n) is 4.68. The Bertz CT molecular complexity index is 972. The van der Waals surface area contributed by atoms with Gasteiger partial charge in [-0.1, -0.05) is 39.2 Å². The number of aliphatic imine (C=N–C) groups is 1. The topological polar surface area (TPSA) is 86.5 Å². The molecule has 0 spiro atoms. The number of hydrogen-bond acceptors (Lipinski definition) is 4. The average molecular weight is 408 g/mol. The molecule has 4 N–H and O–H groups in total. The average Bonchev–Trinajstić information content (AvgIpc) is 3.09. The molecule has 0 amide bonds. The second-order valence-corrected chi connectivity index (χ2v) is 9.09. The van der Waals surface area contributed by atoms with E-state index in [1.54, 1.807) is 6.20 Å². The minimum absolute atomic E-state index is 0.207. The summed E-state index contributed by atoms with van der Waals surface area (Å²) in [4.78, 5) is 22.4. The standard InChI is InChI=1S/C24H33N5O/c1-16(2)13-29-14-17-8-9-20(12-18(17)15-29)28-23(25)22-21(10-11-26-24(22)30)27-19-6-4-3-5-7-19/h8-12,16,19H,3-7,13-15H2,1-2H3,(H2,25,28)(H2,26,27,30). The zero-order valence-electron chi connectivity index (χ0n) is 18.1. The molecule has 0 unspecified atom stereocenters. The number of nitrogens with two attached hydrogens (primary N) is 1. The summed E-state index contributed by atoms with van der Waals surface area (Å²) < 4.78 is 0. The highest BCUT2D eigenvalue weighted by molar-refractivity contribution is 6.03. The molecule has 6 nitrogen and oxygen atoms in total. The molecule has 2 aliphatic rings. The Labute approximate surface area is 178 Å². The predicted octanol–water partition coefficient (Wildman–Crippen LogP) is 4.13. The molecule has 0 bridgehead atoms. The van der Waals surface area contributed by atoms with E-state index in [1.807, 2.05) is 12.1 Å². The maximum absolute atomic E-state index is 12.6. The van der Waals surface area contributed by atoms with E-state index in [9.17, 15) is 4.79 Å². The summed E-state index contributed by atoms with van der Waals surface area (Å²) in [7, 11) is 0. The fraction of sp³-hybridized carbons (Fsp3) is 0.500.